The van der Waals surface area contributed by atoms with Crippen molar-refractivity contribution in [2.45, 2.75) is 12.1 Å². The van der Waals surface area contributed by atoms with E-state index >= 15 is 0 Å². The number of carbonyl (C=O) groups is 1. The van der Waals surface area contributed by atoms with Gasteiger partial charge in [-0.25, -0.2) is 4.98 Å². The van der Waals surface area contributed by atoms with Gasteiger partial charge in [-0.3, -0.25) is 4.79 Å². The summed E-state index contributed by atoms with van der Waals surface area (Å²) >= 11 is 1.44. The van der Waals surface area contributed by atoms with Gasteiger partial charge in [0.05, 0.1) is 0 Å². The Morgan fingerprint density at radius 3 is 2.62 bits per heavy atom. The van der Waals surface area contributed by atoms with Gasteiger partial charge in [0, 0.05) is 18.2 Å². The molecule has 1 amide bonds. The molecule has 0 bridgehead atoms. The third-order valence-corrected chi connectivity index (χ3v) is 3.13. The number of ether oxygens (including phenoxy) is 1. The summed E-state index contributed by atoms with van der Waals surface area (Å²) in [4.78, 5) is 19.6. The van der Waals surface area contributed by atoms with Gasteiger partial charge in [0.15, 0.2) is 5.16 Å². The fourth-order valence-electron chi connectivity index (χ4n) is 1.63. The fraction of sp³-hybridized carbons (Fsp3) is 0.214. The Hall–Kier alpha value is -2.28. The number of nitrogens with one attached hydrogen (secondary N) is 1. The van der Waals surface area contributed by atoms with Crippen molar-refractivity contribution in [1.82, 2.24) is 9.97 Å². The quantitative estimate of drug-likeness (QED) is 0.629. The first kappa shape index (κ1) is 15.1. The smallest absolute Gasteiger partial charge is 0.248 e. The zero-order valence-electron chi connectivity index (χ0n) is 11.8. The Bertz CT molecular complexity index is 631. The predicted octanol–water partition coefficient (Wildman–Crippen LogP) is 2.52. The van der Waals surface area contributed by atoms with Crippen LogP contribution in [-0.4, -0.2) is 28.7 Å². The molecule has 2 rings (SSSR count). The maximum atomic E-state index is 11.0. The number of hydrogen-bond acceptors (Lipinski definition) is 6. The van der Waals surface area contributed by atoms with Gasteiger partial charge in [0.25, 0.3) is 0 Å². The van der Waals surface area contributed by atoms with Crippen LogP contribution in [-0.2, 0) is 0 Å². The van der Waals surface area contributed by atoms with E-state index in [4.69, 9.17) is 10.5 Å². The zero-order valence-corrected chi connectivity index (χ0v) is 12.6. The summed E-state index contributed by atoms with van der Waals surface area (Å²) in [5, 5.41) is 3.75. The molecule has 1 heterocycles. The van der Waals surface area contributed by atoms with E-state index in [1.807, 2.05) is 13.2 Å². The normalized spacial score (nSPS) is 10.2. The number of nitrogens with two attached hydrogens (primary N) is 1. The van der Waals surface area contributed by atoms with Crippen molar-refractivity contribution >= 4 is 23.5 Å². The molecule has 1 aromatic heterocycles. The summed E-state index contributed by atoms with van der Waals surface area (Å²) in [6.07, 6.45) is 1.90. The molecule has 0 aliphatic heterocycles. The SMILES string of the molecule is CCNc1cc(Oc2ccc(C(N)=O)cc2)nc(SC)n1. The van der Waals surface area contributed by atoms with Gasteiger partial charge >= 0.3 is 0 Å². The molecule has 110 valence electrons. The summed E-state index contributed by atoms with van der Waals surface area (Å²) in [6, 6.07) is 8.30. The van der Waals surface area contributed by atoms with Crippen LogP contribution in [0.4, 0.5) is 5.82 Å². The van der Waals surface area contributed by atoms with Gasteiger partial charge in [-0.15, -0.1) is 0 Å². The molecule has 0 unspecified atom stereocenters. The van der Waals surface area contributed by atoms with Gasteiger partial charge in [-0.05, 0) is 37.4 Å². The topological polar surface area (TPSA) is 90.1 Å². The first-order valence-electron chi connectivity index (χ1n) is 6.37. The molecular weight excluding hydrogens is 288 g/mol. The van der Waals surface area contributed by atoms with Crippen LogP contribution in [0.5, 0.6) is 11.6 Å². The highest BCUT2D eigenvalue weighted by molar-refractivity contribution is 7.98. The molecule has 0 atom stereocenters. The van der Waals surface area contributed by atoms with Crippen LogP contribution in [0.2, 0.25) is 0 Å². The highest BCUT2D eigenvalue weighted by Gasteiger charge is 2.07. The zero-order chi connectivity index (χ0) is 15.2. The third-order valence-electron chi connectivity index (χ3n) is 2.58. The molecule has 0 aliphatic carbocycles. The second-order valence-electron chi connectivity index (χ2n) is 4.10. The minimum Gasteiger partial charge on any atom is -0.439 e. The summed E-state index contributed by atoms with van der Waals surface area (Å²) in [7, 11) is 0. The minimum atomic E-state index is -0.470. The average molecular weight is 304 g/mol. The standard InChI is InChI=1S/C14H16N4O2S/c1-3-16-11-8-12(18-14(17-11)21-2)20-10-6-4-9(5-7-10)13(15)19/h4-8H,3H2,1-2H3,(H2,15,19)(H,16,17,18). The van der Waals surface area contributed by atoms with Crippen molar-refractivity contribution in [2.75, 3.05) is 18.1 Å². The van der Waals surface area contributed by atoms with Gasteiger partial charge in [0.2, 0.25) is 11.8 Å². The first-order valence-corrected chi connectivity index (χ1v) is 7.59. The van der Waals surface area contributed by atoms with Crippen LogP contribution in [0.15, 0.2) is 35.5 Å². The minimum absolute atomic E-state index is 0.433. The van der Waals surface area contributed by atoms with Crippen molar-refractivity contribution in [3.05, 3.63) is 35.9 Å². The number of carbonyl (C=O) groups excluding carboxylic acids is 1. The lowest BCUT2D eigenvalue weighted by Gasteiger charge is -2.09. The monoisotopic (exact) mass is 304 g/mol. The van der Waals surface area contributed by atoms with Crippen LogP contribution in [0.1, 0.15) is 17.3 Å². The van der Waals surface area contributed by atoms with Gasteiger partial charge in [-0.1, -0.05) is 11.8 Å². The lowest BCUT2D eigenvalue weighted by atomic mass is 10.2. The average Bonchev–Trinajstić information content (AvgIpc) is 2.48. The number of anilines is 1. The maximum absolute atomic E-state index is 11.0. The highest BCUT2D eigenvalue weighted by Crippen LogP contribution is 2.24. The van der Waals surface area contributed by atoms with E-state index < -0.39 is 5.91 Å². The van der Waals surface area contributed by atoms with E-state index in [2.05, 4.69) is 15.3 Å². The highest BCUT2D eigenvalue weighted by atomic mass is 32.2. The van der Waals surface area contributed by atoms with Gasteiger partial charge in [-0.2, -0.15) is 4.98 Å². The Morgan fingerprint density at radius 2 is 2.05 bits per heavy atom. The van der Waals surface area contributed by atoms with E-state index in [-0.39, 0.29) is 0 Å². The Balaban J connectivity index is 2.21. The molecule has 3 N–H and O–H groups in total. The summed E-state index contributed by atoms with van der Waals surface area (Å²) in [6.45, 7) is 2.75. The lowest BCUT2D eigenvalue weighted by Crippen LogP contribution is -2.10. The number of benzene rings is 1. The fourth-order valence-corrected chi connectivity index (χ4v) is 2.00. The van der Waals surface area contributed by atoms with E-state index in [1.165, 1.54) is 11.8 Å². The lowest BCUT2D eigenvalue weighted by molar-refractivity contribution is 0.100. The third kappa shape index (κ3) is 4.09. The van der Waals surface area contributed by atoms with Crippen LogP contribution >= 0.6 is 11.8 Å². The first-order chi connectivity index (χ1) is 10.1. The van der Waals surface area contributed by atoms with Crippen molar-refractivity contribution in [3.63, 3.8) is 0 Å². The number of primary amides is 1. The molecule has 2 aromatic rings. The Kier molecular flexibility index (Phi) is 4.99. The molecule has 0 radical (unpaired) electrons. The number of amides is 1. The van der Waals surface area contributed by atoms with Crippen LogP contribution < -0.4 is 15.8 Å². The molecule has 0 saturated heterocycles. The van der Waals surface area contributed by atoms with Crippen LogP contribution in [0, 0.1) is 0 Å². The second-order valence-corrected chi connectivity index (χ2v) is 4.87. The van der Waals surface area contributed by atoms with Gasteiger partial charge in [0.1, 0.15) is 11.6 Å². The number of thioether (sulfide) groups is 1. The van der Waals surface area contributed by atoms with Crippen LogP contribution in [0.3, 0.4) is 0 Å². The van der Waals surface area contributed by atoms with E-state index in [1.54, 1.807) is 30.3 Å². The predicted molar refractivity (Wildman–Crippen MR) is 83.0 cm³/mol. The number of hydrogen-bond donors (Lipinski definition) is 2. The molecule has 1 aromatic carbocycles. The maximum Gasteiger partial charge on any atom is 0.248 e. The molecule has 0 spiro atoms. The molecule has 0 aliphatic rings. The second kappa shape index (κ2) is 6.94. The van der Waals surface area contributed by atoms with Crippen molar-refractivity contribution < 1.29 is 9.53 Å². The number of aromatic nitrogens is 2. The van der Waals surface area contributed by atoms with E-state index in [0.29, 0.717) is 28.2 Å². The Morgan fingerprint density at radius 1 is 1.33 bits per heavy atom. The summed E-state index contributed by atoms with van der Waals surface area (Å²) in [5.41, 5.74) is 5.63. The van der Waals surface area contributed by atoms with E-state index in [9.17, 15) is 4.79 Å². The number of nitrogens with zero attached hydrogens (tertiary/aromatic N) is 2. The number of rotatable bonds is 6. The molecule has 0 saturated carbocycles. The largest absolute Gasteiger partial charge is 0.439 e. The van der Waals surface area contributed by atoms with Crippen molar-refractivity contribution in [1.29, 1.82) is 0 Å². The van der Waals surface area contributed by atoms with E-state index in [0.717, 1.165) is 6.54 Å². The van der Waals surface area contributed by atoms with Gasteiger partial charge < -0.3 is 15.8 Å². The van der Waals surface area contributed by atoms with Crippen molar-refractivity contribution in [2.24, 2.45) is 5.73 Å². The summed E-state index contributed by atoms with van der Waals surface area (Å²) < 4.78 is 5.69. The summed E-state index contributed by atoms with van der Waals surface area (Å²) in [5.74, 6) is 1.26. The Labute approximate surface area is 127 Å². The molecule has 21 heavy (non-hydrogen) atoms. The molecule has 0 fully saturated rings. The van der Waals surface area contributed by atoms with Crippen LogP contribution in [0.25, 0.3) is 0 Å². The van der Waals surface area contributed by atoms with Crippen molar-refractivity contribution in [3.8, 4) is 11.6 Å². The molecule has 7 heteroatoms. The molecule has 6 nitrogen and oxygen atoms in total. The molecular formula is C14H16N4O2S.